The summed E-state index contributed by atoms with van der Waals surface area (Å²) >= 11 is 1.51. The predicted molar refractivity (Wildman–Crippen MR) is 99.1 cm³/mol. The van der Waals surface area contributed by atoms with Gasteiger partial charge >= 0.3 is 0 Å². The maximum atomic E-state index is 12.5. The molecule has 0 aliphatic rings. The molecule has 0 atom stereocenters. The highest BCUT2D eigenvalue weighted by Gasteiger charge is 2.14. The number of carbonyl (C=O) groups is 1. The normalized spacial score (nSPS) is 10.2. The van der Waals surface area contributed by atoms with Crippen LogP contribution in [0.15, 0.2) is 61.4 Å². The topological polar surface area (TPSA) is 76.3 Å². The highest BCUT2D eigenvalue weighted by Crippen LogP contribution is 2.16. The first-order valence-corrected chi connectivity index (χ1v) is 8.84. The zero-order chi connectivity index (χ0) is 18.1. The summed E-state index contributed by atoms with van der Waals surface area (Å²) in [5.74, 6) is 1.01. The van der Waals surface area contributed by atoms with Crippen LogP contribution in [-0.4, -0.2) is 33.0 Å². The van der Waals surface area contributed by atoms with Gasteiger partial charge in [0, 0.05) is 43.4 Å². The first-order chi connectivity index (χ1) is 12.1. The molecule has 0 aliphatic heterocycles. The van der Waals surface area contributed by atoms with Crippen molar-refractivity contribution in [1.29, 1.82) is 0 Å². The molecule has 0 saturated carbocycles. The average Bonchev–Trinajstić information content (AvgIpc) is 2.62. The van der Waals surface area contributed by atoms with Crippen molar-refractivity contribution in [3.05, 3.63) is 82.7 Å². The largest absolute Gasteiger partial charge is 0.334 e. The summed E-state index contributed by atoms with van der Waals surface area (Å²) in [5, 5.41) is 10.9. The van der Waals surface area contributed by atoms with E-state index >= 15 is 0 Å². The number of nitro benzene ring substituents is 1. The van der Waals surface area contributed by atoms with Crippen molar-refractivity contribution < 1.29 is 9.72 Å². The number of nitro groups is 1. The molecular weight excluding hydrogens is 338 g/mol. The van der Waals surface area contributed by atoms with Crippen molar-refractivity contribution >= 4 is 23.4 Å². The Morgan fingerprint density at radius 3 is 2.80 bits per heavy atom. The number of carbonyl (C=O) groups excluding carboxylic acids is 1. The zero-order valence-electron chi connectivity index (χ0n) is 13.7. The summed E-state index contributed by atoms with van der Waals surface area (Å²) in [7, 11) is 0. The van der Waals surface area contributed by atoms with Gasteiger partial charge in [-0.25, -0.2) is 0 Å². The third-order valence-corrected chi connectivity index (χ3v) is 4.40. The Morgan fingerprint density at radius 2 is 2.12 bits per heavy atom. The molecule has 0 aliphatic carbocycles. The van der Waals surface area contributed by atoms with Gasteiger partial charge in [0.25, 0.3) is 5.69 Å². The molecule has 0 radical (unpaired) electrons. The van der Waals surface area contributed by atoms with Crippen molar-refractivity contribution in [2.75, 3.05) is 12.3 Å². The molecule has 2 rings (SSSR count). The molecule has 0 bridgehead atoms. The lowest BCUT2D eigenvalue weighted by molar-refractivity contribution is -0.384. The molecule has 25 heavy (non-hydrogen) atoms. The lowest BCUT2D eigenvalue weighted by atomic mass is 10.2. The molecule has 1 aromatic heterocycles. The predicted octanol–water partition coefficient (Wildman–Crippen LogP) is 3.44. The van der Waals surface area contributed by atoms with Gasteiger partial charge in [-0.15, -0.1) is 18.3 Å². The first kappa shape index (κ1) is 18.7. The van der Waals surface area contributed by atoms with E-state index in [-0.39, 0.29) is 11.6 Å². The van der Waals surface area contributed by atoms with Crippen LogP contribution in [0.25, 0.3) is 0 Å². The van der Waals surface area contributed by atoms with Crippen LogP contribution in [0.4, 0.5) is 5.69 Å². The van der Waals surface area contributed by atoms with Crippen LogP contribution >= 0.6 is 11.8 Å². The van der Waals surface area contributed by atoms with E-state index in [1.807, 2.05) is 12.1 Å². The second-order valence-corrected chi connectivity index (χ2v) is 6.33. The fourth-order valence-electron chi connectivity index (χ4n) is 2.23. The molecular formula is C18H19N3O3S. The average molecular weight is 357 g/mol. The number of aromatic nitrogens is 1. The molecule has 1 heterocycles. The summed E-state index contributed by atoms with van der Waals surface area (Å²) in [5.41, 5.74) is 1.81. The summed E-state index contributed by atoms with van der Waals surface area (Å²) in [6.07, 6.45) is 5.15. The molecule has 6 nitrogen and oxygen atoms in total. The molecule has 0 saturated heterocycles. The van der Waals surface area contributed by atoms with Crippen LogP contribution in [0.2, 0.25) is 0 Å². The van der Waals surface area contributed by atoms with Gasteiger partial charge in [0.1, 0.15) is 0 Å². The van der Waals surface area contributed by atoms with E-state index in [4.69, 9.17) is 0 Å². The van der Waals surface area contributed by atoms with E-state index in [2.05, 4.69) is 11.6 Å². The maximum Gasteiger partial charge on any atom is 0.269 e. The Hall–Kier alpha value is -2.67. The van der Waals surface area contributed by atoms with Gasteiger partial charge in [0.15, 0.2) is 0 Å². The quantitative estimate of drug-likeness (QED) is 0.390. The van der Waals surface area contributed by atoms with Gasteiger partial charge in [0.05, 0.1) is 10.7 Å². The number of benzene rings is 1. The van der Waals surface area contributed by atoms with Crippen molar-refractivity contribution in [2.24, 2.45) is 0 Å². The standard InChI is InChI=1S/C18H19N3O3S/c1-2-9-20(12-15-5-3-7-17(10-15)21(23)24)18(22)14-25-13-16-6-4-8-19-11-16/h2-8,10-11H,1,9,12-14H2. The van der Waals surface area contributed by atoms with Gasteiger partial charge < -0.3 is 4.90 Å². The Labute approximate surface area is 150 Å². The number of hydrogen-bond acceptors (Lipinski definition) is 5. The van der Waals surface area contributed by atoms with Crippen molar-refractivity contribution in [3.63, 3.8) is 0 Å². The summed E-state index contributed by atoms with van der Waals surface area (Å²) < 4.78 is 0. The fourth-order valence-corrected chi connectivity index (χ4v) is 3.10. The minimum absolute atomic E-state index is 0.0226. The van der Waals surface area contributed by atoms with Crippen molar-refractivity contribution in [2.45, 2.75) is 12.3 Å². The van der Waals surface area contributed by atoms with Crippen molar-refractivity contribution in [3.8, 4) is 0 Å². The van der Waals surface area contributed by atoms with E-state index in [0.717, 1.165) is 11.1 Å². The third-order valence-electron chi connectivity index (χ3n) is 3.41. The lowest BCUT2D eigenvalue weighted by Crippen LogP contribution is -2.32. The summed E-state index contributed by atoms with van der Waals surface area (Å²) in [4.78, 5) is 28.6. The molecule has 0 N–H and O–H groups in total. The Kier molecular flexibility index (Phi) is 7.16. The number of pyridine rings is 1. The van der Waals surface area contributed by atoms with E-state index in [9.17, 15) is 14.9 Å². The SMILES string of the molecule is C=CCN(Cc1cccc([N+](=O)[O-])c1)C(=O)CSCc1cccnc1. The van der Waals surface area contributed by atoms with Crippen LogP contribution in [0.5, 0.6) is 0 Å². The van der Waals surface area contributed by atoms with Gasteiger partial charge in [-0.1, -0.05) is 24.3 Å². The second-order valence-electron chi connectivity index (χ2n) is 5.34. The molecule has 130 valence electrons. The molecule has 1 amide bonds. The molecule has 1 aromatic carbocycles. The van der Waals surface area contributed by atoms with Gasteiger partial charge in [0.2, 0.25) is 5.91 Å². The van der Waals surface area contributed by atoms with Crippen LogP contribution in [0, 0.1) is 10.1 Å². The fraction of sp³-hybridized carbons (Fsp3) is 0.222. The Balaban J connectivity index is 1.94. The first-order valence-electron chi connectivity index (χ1n) is 7.69. The van der Waals surface area contributed by atoms with E-state index in [1.54, 1.807) is 35.5 Å². The maximum absolute atomic E-state index is 12.5. The minimum Gasteiger partial charge on any atom is -0.334 e. The smallest absolute Gasteiger partial charge is 0.269 e. The Morgan fingerprint density at radius 1 is 1.32 bits per heavy atom. The summed E-state index contributed by atoms with van der Waals surface area (Å²) in [6.45, 7) is 4.40. The van der Waals surface area contributed by atoms with Crippen LogP contribution in [0.1, 0.15) is 11.1 Å². The monoisotopic (exact) mass is 357 g/mol. The summed E-state index contributed by atoms with van der Waals surface area (Å²) in [6, 6.07) is 10.2. The molecule has 0 spiro atoms. The molecule has 7 heteroatoms. The highest BCUT2D eigenvalue weighted by atomic mass is 32.2. The highest BCUT2D eigenvalue weighted by molar-refractivity contribution is 7.99. The number of thioether (sulfide) groups is 1. The minimum atomic E-state index is -0.438. The second kappa shape index (κ2) is 9.58. The number of nitrogens with zero attached hydrogens (tertiary/aromatic N) is 3. The van der Waals surface area contributed by atoms with Crippen LogP contribution in [-0.2, 0) is 17.1 Å². The van der Waals surface area contributed by atoms with Crippen LogP contribution in [0.3, 0.4) is 0 Å². The number of rotatable bonds is 9. The molecule has 2 aromatic rings. The van der Waals surface area contributed by atoms with Crippen molar-refractivity contribution in [1.82, 2.24) is 9.88 Å². The number of hydrogen-bond donors (Lipinski definition) is 0. The van der Waals surface area contributed by atoms with E-state index in [0.29, 0.717) is 24.6 Å². The molecule has 0 unspecified atom stereocenters. The van der Waals surface area contributed by atoms with E-state index in [1.165, 1.54) is 23.9 Å². The molecule has 0 fully saturated rings. The Bertz CT molecular complexity index is 737. The number of amides is 1. The third kappa shape index (κ3) is 6.04. The van der Waals surface area contributed by atoms with Gasteiger partial charge in [-0.3, -0.25) is 19.9 Å². The van der Waals surface area contributed by atoms with Crippen LogP contribution < -0.4 is 0 Å². The number of non-ortho nitro benzene ring substituents is 1. The van der Waals surface area contributed by atoms with E-state index < -0.39 is 4.92 Å². The zero-order valence-corrected chi connectivity index (χ0v) is 14.5. The van der Waals surface area contributed by atoms with Gasteiger partial charge in [-0.05, 0) is 17.2 Å². The van der Waals surface area contributed by atoms with Gasteiger partial charge in [-0.2, -0.15) is 0 Å². The lowest BCUT2D eigenvalue weighted by Gasteiger charge is -2.21.